The normalized spacial score (nSPS) is 32.0. The van der Waals surface area contributed by atoms with E-state index in [1.165, 1.54) is 39.0 Å². The van der Waals surface area contributed by atoms with Crippen LogP contribution in [-0.2, 0) is 0 Å². The minimum Gasteiger partial charge on any atom is -0.317 e. The van der Waals surface area contributed by atoms with Gasteiger partial charge in [0.25, 0.3) is 0 Å². The Morgan fingerprint density at radius 1 is 1.00 bits per heavy atom. The Kier molecular flexibility index (Phi) is 1.24. The number of hydrogen-bond acceptors (Lipinski definition) is 2. The summed E-state index contributed by atoms with van der Waals surface area (Å²) >= 11 is 0. The topological polar surface area (TPSA) is 24.1 Å². The highest BCUT2D eigenvalue weighted by Crippen LogP contribution is 2.31. The van der Waals surface area contributed by atoms with Crippen molar-refractivity contribution in [3.63, 3.8) is 0 Å². The predicted molar refractivity (Wildman–Crippen MR) is 39.5 cm³/mol. The molecule has 2 saturated heterocycles. The summed E-state index contributed by atoms with van der Waals surface area (Å²) in [5.41, 5.74) is 0.727. The van der Waals surface area contributed by atoms with Gasteiger partial charge in [0.05, 0.1) is 0 Å². The van der Waals surface area contributed by atoms with Crippen LogP contribution in [0.25, 0.3) is 0 Å². The van der Waals surface area contributed by atoms with Crippen LogP contribution in [0.2, 0.25) is 0 Å². The molecular weight excluding hydrogens is 112 g/mol. The Hall–Kier alpha value is -0.0800. The zero-order valence-corrected chi connectivity index (χ0v) is 5.74. The maximum absolute atomic E-state index is 3.38. The molecule has 9 heavy (non-hydrogen) atoms. The number of nitrogens with one attached hydrogen (secondary N) is 2. The Morgan fingerprint density at radius 2 is 1.67 bits per heavy atom. The highest BCUT2D eigenvalue weighted by atomic mass is 15.0. The minimum atomic E-state index is 0. The van der Waals surface area contributed by atoms with E-state index in [1.54, 1.807) is 0 Å². The molecule has 0 bridgehead atoms. The van der Waals surface area contributed by atoms with Gasteiger partial charge in [-0.2, -0.15) is 0 Å². The minimum absolute atomic E-state index is 0. The van der Waals surface area contributed by atoms with Gasteiger partial charge in [0, 0.05) is 14.5 Å². The number of piperidine rings is 1. The molecule has 2 nitrogen and oxygen atoms in total. The lowest BCUT2D eigenvalue weighted by molar-refractivity contribution is 0.116. The van der Waals surface area contributed by atoms with E-state index in [2.05, 4.69) is 10.6 Å². The van der Waals surface area contributed by atoms with Crippen LogP contribution in [0.3, 0.4) is 0 Å². The smallest absolute Gasteiger partial charge is 0.00212 e. The molecule has 0 aromatic heterocycles. The van der Waals surface area contributed by atoms with Gasteiger partial charge in [-0.15, -0.1) is 0 Å². The van der Waals surface area contributed by atoms with E-state index in [4.69, 9.17) is 0 Å². The molecule has 2 N–H and O–H groups in total. The third-order valence-electron chi connectivity index (χ3n) is 2.66. The average molecular weight is 128 g/mol. The molecule has 0 radical (unpaired) electrons. The van der Waals surface area contributed by atoms with Crippen molar-refractivity contribution in [3.8, 4) is 0 Å². The van der Waals surface area contributed by atoms with E-state index in [0.717, 1.165) is 5.41 Å². The molecule has 0 amide bonds. The van der Waals surface area contributed by atoms with Crippen LogP contribution in [0, 0.1) is 5.41 Å². The van der Waals surface area contributed by atoms with Crippen LogP contribution < -0.4 is 10.6 Å². The molecule has 1 spiro atoms. The van der Waals surface area contributed by atoms with E-state index < -0.39 is 0 Å². The van der Waals surface area contributed by atoms with Gasteiger partial charge in [-0.3, -0.25) is 0 Å². The molecule has 2 heteroatoms. The molecule has 2 aliphatic heterocycles. The molecule has 2 aliphatic rings. The summed E-state index contributed by atoms with van der Waals surface area (Å²) in [6, 6.07) is 0. The highest BCUT2D eigenvalue weighted by Gasteiger charge is 2.37. The monoisotopic (exact) mass is 128 g/mol. The van der Waals surface area contributed by atoms with Crippen molar-refractivity contribution in [2.45, 2.75) is 12.8 Å². The van der Waals surface area contributed by atoms with Gasteiger partial charge < -0.3 is 10.6 Å². The molecule has 0 saturated carbocycles. The van der Waals surface area contributed by atoms with Crippen LogP contribution in [0.15, 0.2) is 0 Å². The second-order valence-corrected chi connectivity index (χ2v) is 3.35. The second kappa shape index (κ2) is 1.96. The summed E-state index contributed by atoms with van der Waals surface area (Å²) in [4.78, 5) is 0. The van der Waals surface area contributed by atoms with Crippen molar-refractivity contribution in [3.05, 3.63) is 0 Å². The summed E-state index contributed by atoms with van der Waals surface area (Å²) in [6.07, 6.45) is 2.78. The third-order valence-corrected chi connectivity index (χ3v) is 2.66. The maximum atomic E-state index is 3.38. The van der Waals surface area contributed by atoms with E-state index in [-0.39, 0.29) is 1.43 Å². The molecule has 0 atom stereocenters. The van der Waals surface area contributed by atoms with Crippen LogP contribution in [0.4, 0.5) is 0 Å². The lowest BCUT2D eigenvalue weighted by atomic mass is 9.74. The quantitative estimate of drug-likeness (QED) is 0.487. The lowest BCUT2D eigenvalue weighted by Crippen LogP contribution is -2.57. The Morgan fingerprint density at radius 3 is 2.00 bits per heavy atom. The van der Waals surface area contributed by atoms with Crippen LogP contribution in [0.5, 0.6) is 0 Å². The molecule has 54 valence electrons. The number of hydrogen-bond donors (Lipinski definition) is 2. The van der Waals surface area contributed by atoms with E-state index in [9.17, 15) is 0 Å². The van der Waals surface area contributed by atoms with Crippen molar-refractivity contribution in [1.29, 1.82) is 0 Å². The summed E-state index contributed by atoms with van der Waals surface area (Å²) in [6.45, 7) is 5.02. The molecule has 0 aliphatic carbocycles. The van der Waals surface area contributed by atoms with Gasteiger partial charge >= 0.3 is 0 Å². The lowest BCUT2D eigenvalue weighted by Gasteiger charge is -2.45. The van der Waals surface area contributed by atoms with E-state index >= 15 is 0 Å². The van der Waals surface area contributed by atoms with Gasteiger partial charge in [-0.05, 0) is 31.3 Å². The van der Waals surface area contributed by atoms with Crippen LogP contribution in [-0.4, -0.2) is 26.2 Å². The average Bonchev–Trinajstić information content (AvgIpc) is 1.87. The second-order valence-electron chi connectivity index (χ2n) is 3.35. The Labute approximate surface area is 57.5 Å². The highest BCUT2D eigenvalue weighted by molar-refractivity contribution is 4.94. The first-order valence-corrected chi connectivity index (χ1v) is 3.83. The van der Waals surface area contributed by atoms with E-state index in [1.807, 2.05) is 0 Å². The standard InChI is InChI=1S/C7H14N2.H2/c1-3-8-4-2-7(1)5-9-6-7;/h8-9H,1-6H2;1H. The zero-order chi connectivity index (χ0) is 6.16. The fourth-order valence-electron chi connectivity index (χ4n) is 1.79. The zero-order valence-electron chi connectivity index (χ0n) is 5.74. The van der Waals surface area contributed by atoms with Gasteiger partial charge in [-0.25, -0.2) is 0 Å². The van der Waals surface area contributed by atoms with Crippen LogP contribution in [0.1, 0.15) is 14.3 Å². The molecule has 2 rings (SSSR count). The van der Waals surface area contributed by atoms with Crippen molar-refractivity contribution in [2.75, 3.05) is 26.2 Å². The number of rotatable bonds is 0. The van der Waals surface area contributed by atoms with Crippen molar-refractivity contribution < 1.29 is 1.43 Å². The third kappa shape index (κ3) is 0.864. The molecule has 0 aromatic carbocycles. The first-order valence-electron chi connectivity index (χ1n) is 3.83. The Bertz CT molecular complexity index is 104. The molecule has 2 heterocycles. The first kappa shape index (κ1) is 5.69. The largest absolute Gasteiger partial charge is 0.317 e. The summed E-state index contributed by atoms with van der Waals surface area (Å²) in [7, 11) is 0. The SMILES string of the molecule is C1CC2(CCN1)CNC2.[HH]. The maximum Gasteiger partial charge on any atom is 0.00212 e. The molecular formula is C7H16N2. The van der Waals surface area contributed by atoms with Gasteiger partial charge in [0.2, 0.25) is 0 Å². The molecule has 0 unspecified atom stereocenters. The summed E-state index contributed by atoms with van der Waals surface area (Å²) in [5, 5.41) is 6.72. The fourth-order valence-corrected chi connectivity index (χ4v) is 1.79. The predicted octanol–water partition coefficient (Wildman–Crippen LogP) is 0.205. The van der Waals surface area contributed by atoms with Crippen molar-refractivity contribution >= 4 is 0 Å². The van der Waals surface area contributed by atoms with Gasteiger partial charge in [0.15, 0.2) is 0 Å². The summed E-state index contributed by atoms with van der Waals surface area (Å²) in [5.74, 6) is 0. The molecule has 2 fully saturated rings. The van der Waals surface area contributed by atoms with Gasteiger partial charge in [-0.1, -0.05) is 0 Å². The van der Waals surface area contributed by atoms with Gasteiger partial charge in [0.1, 0.15) is 0 Å². The van der Waals surface area contributed by atoms with Crippen molar-refractivity contribution in [1.82, 2.24) is 10.6 Å². The van der Waals surface area contributed by atoms with E-state index in [0.29, 0.717) is 0 Å². The van der Waals surface area contributed by atoms with Crippen molar-refractivity contribution in [2.24, 2.45) is 5.41 Å². The Balaban J connectivity index is 0.000000500. The first-order chi connectivity index (χ1) is 4.41. The summed E-state index contributed by atoms with van der Waals surface area (Å²) < 4.78 is 0. The fraction of sp³-hybridized carbons (Fsp3) is 1.00. The van der Waals surface area contributed by atoms with Crippen LogP contribution >= 0.6 is 0 Å². The molecule has 0 aromatic rings.